The van der Waals surface area contributed by atoms with Crippen LogP contribution in [-0.2, 0) is 14.3 Å². The van der Waals surface area contributed by atoms with Gasteiger partial charge in [-0.3, -0.25) is 9.59 Å². The van der Waals surface area contributed by atoms with Crippen molar-refractivity contribution >= 4 is 23.6 Å². The zero-order chi connectivity index (χ0) is 20.6. The van der Waals surface area contributed by atoms with Gasteiger partial charge in [0.25, 0.3) is 5.91 Å². The van der Waals surface area contributed by atoms with Crippen molar-refractivity contribution in [3.05, 3.63) is 30.3 Å². The summed E-state index contributed by atoms with van der Waals surface area (Å²) < 4.78 is 5.23. The first-order valence-corrected chi connectivity index (χ1v) is 10.6. The van der Waals surface area contributed by atoms with Crippen molar-refractivity contribution in [2.45, 2.75) is 51.5 Å². The lowest BCUT2D eigenvalue weighted by Gasteiger charge is -2.31. The molecule has 2 N–H and O–H groups in total. The van der Waals surface area contributed by atoms with Gasteiger partial charge in [0.05, 0.1) is 5.92 Å². The second kappa shape index (κ2) is 10.3. The van der Waals surface area contributed by atoms with Gasteiger partial charge < -0.3 is 20.3 Å². The van der Waals surface area contributed by atoms with E-state index in [1.807, 2.05) is 30.3 Å². The van der Waals surface area contributed by atoms with Gasteiger partial charge in [0.1, 0.15) is 0 Å². The number of para-hydroxylation sites is 1. The van der Waals surface area contributed by atoms with Crippen LogP contribution in [0.4, 0.5) is 10.5 Å². The number of ether oxygens (including phenoxy) is 1. The summed E-state index contributed by atoms with van der Waals surface area (Å²) in [4.78, 5) is 38.3. The minimum absolute atomic E-state index is 0.163. The SMILES string of the molecule is CC1CCC(NC(=O)COC(=O)C2CCN(C(=O)Nc3ccccc3)CC2)CC1. The number of carbonyl (C=O) groups excluding carboxylic acids is 3. The second-order valence-electron chi connectivity index (χ2n) is 8.19. The number of hydrogen-bond acceptors (Lipinski definition) is 4. The van der Waals surface area contributed by atoms with Gasteiger partial charge in [0, 0.05) is 24.8 Å². The van der Waals surface area contributed by atoms with E-state index in [-0.39, 0.29) is 36.5 Å². The summed E-state index contributed by atoms with van der Waals surface area (Å²) in [6.07, 6.45) is 5.32. The molecule has 1 aromatic rings. The van der Waals surface area contributed by atoms with Gasteiger partial charge in [-0.25, -0.2) is 4.79 Å². The predicted molar refractivity (Wildman–Crippen MR) is 110 cm³/mol. The first-order valence-electron chi connectivity index (χ1n) is 10.6. The van der Waals surface area contributed by atoms with Gasteiger partial charge in [-0.2, -0.15) is 0 Å². The number of carbonyl (C=O) groups is 3. The van der Waals surface area contributed by atoms with Gasteiger partial charge >= 0.3 is 12.0 Å². The third-order valence-corrected chi connectivity index (χ3v) is 5.87. The lowest BCUT2D eigenvalue weighted by atomic mass is 9.87. The van der Waals surface area contributed by atoms with Crippen LogP contribution in [0.5, 0.6) is 0 Å². The highest BCUT2D eigenvalue weighted by molar-refractivity contribution is 5.89. The number of esters is 1. The van der Waals surface area contributed by atoms with Crippen molar-refractivity contribution in [1.82, 2.24) is 10.2 Å². The number of piperidine rings is 1. The van der Waals surface area contributed by atoms with Gasteiger partial charge in [-0.05, 0) is 56.6 Å². The minimum Gasteiger partial charge on any atom is -0.455 e. The highest BCUT2D eigenvalue weighted by Gasteiger charge is 2.29. The Balaban J connectivity index is 1.34. The molecule has 0 aromatic heterocycles. The van der Waals surface area contributed by atoms with Crippen LogP contribution in [0.2, 0.25) is 0 Å². The topological polar surface area (TPSA) is 87.7 Å². The van der Waals surface area contributed by atoms with Gasteiger partial charge in [0.15, 0.2) is 6.61 Å². The van der Waals surface area contributed by atoms with Crippen LogP contribution in [0.3, 0.4) is 0 Å². The van der Waals surface area contributed by atoms with E-state index in [9.17, 15) is 14.4 Å². The Morgan fingerprint density at radius 1 is 1.00 bits per heavy atom. The summed E-state index contributed by atoms with van der Waals surface area (Å²) in [5.41, 5.74) is 0.748. The molecule has 158 valence electrons. The minimum atomic E-state index is -0.347. The van der Waals surface area contributed by atoms with Crippen molar-refractivity contribution in [2.24, 2.45) is 11.8 Å². The zero-order valence-corrected chi connectivity index (χ0v) is 17.1. The van der Waals surface area contributed by atoms with E-state index >= 15 is 0 Å². The number of anilines is 1. The molecule has 7 heteroatoms. The standard InChI is InChI=1S/C22H31N3O4/c1-16-7-9-19(10-8-16)23-20(26)15-29-21(27)17-11-13-25(14-12-17)22(28)24-18-5-3-2-4-6-18/h2-6,16-17,19H,7-15H2,1H3,(H,23,26)(H,24,28). The second-order valence-corrected chi connectivity index (χ2v) is 8.19. The molecule has 1 heterocycles. The summed E-state index contributed by atoms with van der Waals surface area (Å²) in [5, 5.41) is 5.82. The van der Waals surface area contributed by atoms with Crippen LogP contribution in [-0.4, -0.2) is 48.5 Å². The first-order chi connectivity index (χ1) is 14.0. The molecule has 1 aromatic carbocycles. The highest BCUT2D eigenvalue weighted by Crippen LogP contribution is 2.23. The fourth-order valence-electron chi connectivity index (χ4n) is 3.97. The molecule has 0 bridgehead atoms. The maximum absolute atomic E-state index is 12.3. The van der Waals surface area contributed by atoms with Gasteiger partial charge in [0.2, 0.25) is 0 Å². The molecule has 1 saturated heterocycles. The molecule has 1 aliphatic heterocycles. The molecular weight excluding hydrogens is 370 g/mol. The Hall–Kier alpha value is -2.57. The Bertz CT molecular complexity index is 693. The van der Waals surface area contributed by atoms with Crippen LogP contribution >= 0.6 is 0 Å². The van der Waals surface area contributed by atoms with Crippen molar-refractivity contribution < 1.29 is 19.1 Å². The number of nitrogens with one attached hydrogen (secondary N) is 2. The first kappa shape index (κ1) is 21.1. The summed E-state index contributed by atoms with van der Waals surface area (Å²) in [7, 11) is 0. The largest absolute Gasteiger partial charge is 0.455 e. The lowest BCUT2D eigenvalue weighted by molar-refractivity contribution is -0.154. The van der Waals surface area contributed by atoms with Crippen LogP contribution in [0.25, 0.3) is 0 Å². The number of urea groups is 1. The maximum Gasteiger partial charge on any atom is 0.321 e. The molecule has 3 rings (SSSR count). The quantitative estimate of drug-likeness (QED) is 0.742. The van der Waals surface area contributed by atoms with Crippen molar-refractivity contribution in [3.63, 3.8) is 0 Å². The monoisotopic (exact) mass is 401 g/mol. The molecule has 1 saturated carbocycles. The fraction of sp³-hybridized carbons (Fsp3) is 0.591. The Morgan fingerprint density at radius 3 is 2.31 bits per heavy atom. The lowest BCUT2D eigenvalue weighted by Crippen LogP contribution is -2.43. The number of amides is 3. The van der Waals surface area contributed by atoms with Crippen molar-refractivity contribution in [2.75, 3.05) is 25.0 Å². The number of hydrogen-bond donors (Lipinski definition) is 2. The summed E-state index contributed by atoms with van der Waals surface area (Å²) in [6, 6.07) is 9.32. The van der Waals surface area contributed by atoms with Gasteiger partial charge in [-0.1, -0.05) is 25.1 Å². The zero-order valence-electron chi connectivity index (χ0n) is 17.1. The number of benzene rings is 1. The highest BCUT2D eigenvalue weighted by atomic mass is 16.5. The van der Waals surface area contributed by atoms with Crippen molar-refractivity contribution in [3.8, 4) is 0 Å². The molecule has 0 atom stereocenters. The van der Waals surface area contributed by atoms with E-state index in [0.29, 0.717) is 25.9 Å². The third kappa shape index (κ3) is 6.48. The number of nitrogens with zero attached hydrogens (tertiary/aromatic N) is 1. The normalized spacial score (nSPS) is 22.6. The molecule has 29 heavy (non-hydrogen) atoms. The molecule has 2 aliphatic rings. The van der Waals surface area contributed by atoms with Crippen LogP contribution < -0.4 is 10.6 Å². The maximum atomic E-state index is 12.3. The number of likely N-dealkylation sites (tertiary alicyclic amines) is 1. The van der Waals surface area contributed by atoms with E-state index < -0.39 is 0 Å². The van der Waals surface area contributed by atoms with Crippen LogP contribution in [0.1, 0.15) is 45.4 Å². The average Bonchev–Trinajstić information content (AvgIpc) is 2.74. The van der Waals surface area contributed by atoms with E-state index in [1.165, 1.54) is 0 Å². The number of rotatable bonds is 5. The van der Waals surface area contributed by atoms with Crippen LogP contribution in [0.15, 0.2) is 30.3 Å². The van der Waals surface area contributed by atoms with Gasteiger partial charge in [-0.15, -0.1) is 0 Å². The molecule has 7 nitrogen and oxygen atoms in total. The Labute approximate surface area is 172 Å². The fourth-order valence-corrected chi connectivity index (χ4v) is 3.97. The third-order valence-electron chi connectivity index (χ3n) is 5.87. The molecule has 0 radical (unpaired) electrons. The molecule has 3 amide bonds. The van der Waals surface area contributed by atoms with E-state index in [4.69, 9.17) is 4.74 Å². The van der Waals surface area contributed by atoms with Crippen LogP contribution in [0, 0.1) is 11.8 Å². The molecule has 2 fully saturated rings. The average molecular weight is 402 g/mol. The van der Waals surface area contributed by atoms with E-state index in [2.05, 4.69) is 17.6 Å². The summed E-state index contributed by atoms with van der Waals surface area (Å²) >= 11 is 0. The predicted octanol–water partition coefficient (Wildman–Crippen LogP) is 3.17. The summed E-state index contributed by atoms with van der Waals surface area (Å²) in [5.74, 6) is -0.112. The molecule has 0 unspecified atom stereocenters. The smallest absolute Gasteiger partial charge is 0.321 e. The Morgan fingerprint density at radius 2 is 1.66 bits per heavy atom. The molecule has 0 spiro atoms. The molecule has 1 aliphatic carbocycles. The van der Waals surface area contributed by atoms with Crippen molar-refractivity contribution in [1.29, 1.82) is 0 Å². The molecular formula is C22H31N3O4. The van der Waals surface area contributed by atoms with E-state index in [0.717, 1.165) is 37.3 Å². The summed E-state index contributed by atoms with van der Waals surface area (Å²) in [6.45, 7) is 2.99. The van der Waals surface area contributed by atoms with E-state index in [1.54, 1.807) is 4.90 Å². The Kier molecular flexibility index (Phi) is 7.49.